The fraction of sp³-hybridized carbons (Fsp3) is 0.300. The predicted octanol–water partition coefficient (Wildman–Crippen LogP) is 0.125. The number of rotatable bonds is 4. The Hall–Kier alpha value is -1.79. The Morgan fingerprint density at radius 3 is 2.56 bits per heavy atom. The molecule has 16 heavy (non-hydrogen) atoms. The third-order valence-electron chi connectivity index (χ3n) is 2.12. The Morgan fingerprint density at radius 1 is 1.50 bits per heavy atom. The first-order chi connectivity index (χ1) is 7.52. The average Bonchev–Trinajstić information content (AvgIpc) is 2.27. The molecule has 6 nitrogen and oxygen atoms in total. The molecule has 0 heterocycles. The first-order valence-corrected chi connectivity index (χ1v) is 4.45. The molecule has 0 radical (unpaired) electrons. The van der Waals surface area contributed by atoms with Crippen LogP contribution in [0.15, 0.2) is 12.1 Å². The van der Waals surface area contributed by atoms with Gasteiger partial charge in [0.05, 0.1) is 19.3 Å². The molecule has 0 spiro atoms. The summed E-state index contributed by atoms with van der Waals surface area (Å²) in [5, 5.41) is 36.6. The van der Waals surface area contributed by atoms with Gasteiger partial charge in [0.25, 0.3) is 0 Å². The maximum atomic E-state index is 10.9. The summed E-state index contributed by atoms with van der Waals surface area (Å²) in [7, 11) is 1.23. The van der Waals surface area contributed by atoms with Crippen molar-refractivity contribution in [3.05, 3.63) is 23.3 Å². The Balaban J connectivity index is 3.47. The van der Waals surface area contributed by atoms with E-state index in [4.69, 9.17) is 14.9 Å². The number of carbonyl (C=O) groups is 1. The van der Waals surface area contributed by atoms with E-state index in [2.05, 4.69) is 0 Å². The molecular weight excluding hydrogens is 216 g/mol. The molecule has 0 amide bonds. The lowest BCUT2D eigenvalue weighted by Crippen LogP contribution is -2.12. The number of aromatic hydroxyl groups is 1. The van der Waals surface area contributed by atoms with Crippen LogP contribution in [0.3, 0.4) is 0 Å². The summed E-state index contributed by atoms with van der Waals surface area (Å²) in [4.78, 5) is 10.9. The highest BCUT2D eigenvalue weighted by Gasteiger charge is 2.23. The molecule has 1 atom stereocenters. The van der Waals surface area contributed by atoms with Gasteiger partial charge in [-0.05, 0) is 12.1 Å². The van der Waals surface area contributed by atoms with Crippen molar-refractivity contribution in [3.63, 3.8) is 0 Å². The zero-order chi connectivity index (χ0) is 12.3. The largest absolute Gasteiger partial charge is 0.504 e. The molecule has 0 aliphatic carbocycles. The highest BCUT2D eigenvalue weighted by atomic mass is 16.5. The minimum atomic E-state index is -1.42. The third kappa shape index (κ3) is 2.07. The number of hydrogen-bond donors (Lipinski definition) is 4. The first-order valence-electron chi connectivity index (χ1n) is 4.45. The smallest absolute Gasteiger partial charge is 0.336 e. The highest BCUT2D eigenvalue weighted by Crippen LogP contribution is 2.36. The van der Waals surface area contributed by atoms with E-state index in [9.17, 15) is 15.0 Å². The molecular formula is C10H12O6. The number of aromatic carboxylic acids is 1. The van der Waals surface area contributed by atoms with E-state index >= 15 is 0 Å². The fourth-order valence-corrected chi connectivity index (χ4v) is 1.41. The number of benzene rings is 1. The number of carboxylic acids is 1. The molecule has 0 aliphatic rings. The Labute approximate surface area is 91.3 Å². The Bertz CT molecular complexity index is 401. The second-order valence-corrected chi connectivity index (χ2v) is 3.08. The van der Waals surface area contributed by atoms with Gasteiger partial charge >= 0.3 is 5.97 Å². The van der Waals surface area contributed by atoms with Crippen LogP contribution in [0.25, 0.3) is 0 Å². The number of phenols is 1. The van der Waals surface area contributed by atoms with Gasteiger partial charge < -0.3 is 25.2 Å². The van der Waals surface area contributed by atoms with Gasteiger partial charge in [-0.1, -0.05) is 0 Å². The maximum absolute atomic E-state index is 10.9. The summed E-state index contributed by atoms with van der Waals surface area (Å²) in [6.45, 7) is -0.667. The molecule has 88 valence electrons. The van der Waals surface area contributed by atoms with Crippen molar-refractivity contribution in [2.45, 2.75) is 6.10 Å². The van der Waals surface area contributed by atoms with Gasteiger partial charge in [0, 0.05) is 5.56 Å². The standard InChI is InChI=1S/C10H12O6/c1-16-9-6(12)3-2-5(10(14)15)8(9)7(13)4-11/h2-3,7,11-13H,4H2,1H3,(H,14,15). The first kappa shape index (κ1) is 12.3. The van der Waals surface area contributed by atoms with E-state index in [-0.39, 0.29) is 22.6 Å². The summed E-state index contributed by atoms with van der Waals surface area (Å²) in [5.41, 5.74) is -0.367. The van der Waals surface area contributed by atoms with Crippen molar-refractivity contribution < 1.29 is 30.0 Å². The normalized spacial score (nSPS) is 12.2. The van der Waals surface area contributed by atoms with Crippen molar-refractivity contribution in [1.29, 1.82) is 0 Å². The zero-order valence-corrected chi connectivity index (χ0v) is 8.54. The van der Waals surface area contributed by atoms with Crippen molar-refractivity contribution in [2.24, 2.45) is 0 Å². The minimum absolute atomic E-state index is 0.141. The number of aliphatic hydroxyl groups excluding tert-OH is 2. The zero-order valence-electron chi connectivity index (χ0n) is 8.54. The summed E-state index contributed by atoms with van der Waals surface area (Å²) in [6, 6.07) is 2.28. The molecule has 0 bridgehead atoms. The predicted molar refractivity (Wildman–Crippen MR) is 53.7 cm³/mol. The summed E-state index contributed by atoms with van der Waals surface area (Å²) < 4.78 is 4.81. The van der Waals surface area contributed by atoms with Crippen molar-refractivity contribution in [1.82, 2.24) is 0 Å². The lowest BCUT2D eigenvalue weighted by molar-refractivity contribution is 0.0670. The van der Waals surface area contributed by atoms with Crippen LogP contribution in [0.4, 0.5) is 0 Å². The van der Waals surface area contributed by atoms with Gasteiger partial charge in [0.15, 0.2) is 11.5 Å². The molecule has 0 aliphatic heterocycles. The number of carboxylic acid groups (broad SMARTS) is 1. The van der Waals surface area contributed by atoms with Gasteiger partial charge in [-0.25, -0.2) is 4.79 Å². The van der Waals surface area contributed by atoms with E-state index in [1.807, 2.05) is 0 Å². The van der Waals surface area contributed by atoms with E-state index in [0.717, 1.165) is 12.1 Å². The number of phenolic OH excluding ortho intramolecular Hbond substituents is 1. The number of aliphatic hydroxyl groups is 2. The van der Waals surface area contributed by atoms with Crippen LogP contribution < -0.4 is 4.74 Å². The molecule has 1 aromatic rings. The maximum Gasteiger partial charge on any atom is 0.336 e. The lowest BCUT2D eigenvalue weighted by atomic mass is 10.0. The quantitative estimate of drug-likeness (QED) is 0.583. The van der Waals surface area contributed by atoms with Crippen LogP contribution in [0.2, 0.25) is 0 Å². The average molecular weight is 228 g/mol. The summed E-state index contributed by atoms with van der Waals surface area (Å²) in [5.74, 6) is -1.72. The monoisotopic (exact) mass is 228 g/mol. The van der Waals surface area contributed by atoms with Gasteiger partial charge in [-0.15, -0.1) is 0 Å². The Kier molecular flexibility index (Phi) is 3.70. The van der Waals surface area contributed by atoms with E-state index in [1.54, 1.807) is 0 Å². The minimum Gasteiger partial charge on any atom is -0.504 e. The number of methoxy groups -OCH3 is 1. The molecule has 1 aromatic carbocycles. The summed E-state index contributed by atoms with van der Waals surface area (Å²) >= 11 is 0. The van der Waals surface area contributed by atoms with Crippen LogP contribution >= 0.6 is 0 Å². The van der Waals surface area contributed by atoms with E-state index in [0.29, 0.717) is 0 Å². The topological polar surface area (TPSA) is 107 Å². The second kappa shape index (κ2) is 4.82. The molecule has 1 rings (SSSR count). The van der Waals surface area contributed by atoms with E-state index in [1.165, 1.54) is 7.11 Å². The molecule has 0 aromatic heterocycles. The van der Waals surface area contributed by atoms with E-state index < -0.39 is 18.7 Å². The Morgan fingerprint density at radius 2 is 2.12 bits per heavy atom. The summed E-state index contributed by atoms with van der Waals surface area (Å²) in [6.07, 6.45) is -1.42. The lowest BCUT2D eigenvalue weighted by Gasteiger charge is -2.16. The SMILES string of the molecule is COc1c(O)ccc(C(=O)O)c1C(O)CO. The van der Waals surface area contributed by atoms with Crippen LogP contribution in [-0.4, -0.2) is 40.1 Å². The number of ether oxygens (including phenoxy) is 1. The third-order valence-corrected chi connectivity index (χ3v) is 2.12. The van der Waals surface area contributed by atoms with Gasteiger partial charge in [-0.2, -0.15) is 0 Å². The van der Waals surface area contributed by atoms with Crippen molar-refractivity contribution >= 4 is 5.97 Å². The van der Waals surface area contributed by atoms with Crippen molar-refractivity contribution in [2.75, 3.05) is 13.7 Å². The van der Waals surface area contributed by atoms with Crippen molar-refractivity contribution in [3.8, 4) is 11.5 Å². The molecule has 4 N–H and O–H groups in total. The van der Waals surface area contributed by atoms with Crippen LogP contribution in [0.1, 0.15) is 22.0 Å². The highest BCUT2D eigenvalue weighted by molar-refractivity contribution is 5.91. The molecule has 1 unspecified atom stereocenters. The number of hydrogen-bond acceptors (Lipinski definition) is 5. The molecule has 6 heteroatoms. The molecule has 0 fully saturated rings. The van der Waals surface area contributed by atoms with Crippen LogP contribution in [0.5, 0.6) is 11.5 Å². The van der Waals surface area contributed by atoms with Gasteiger partial charge in [-0.3, -0.25) is 0 Å². The fourth-order valence-electron chi connectivity index (χ4n) is 1.41. The van der Waals surface area contributed by atoms with Gasteiger partial charge in [0.2, 0.25) is 0 Å². The van der Waals surface area contributed by atoms with Crippen LogP contribution in [0, 0.1) is 0 Å². The second-order valence-electron chi connectivity index (χ2n) is 3.08. The van der Waals surface area contributed by atoms with Crippen LogP contribution in [-0.2, 0) is 0 Å². The molecule has 0 saturated heterocycles. The van der Waals surface area contributed by atoms with Gasteiger partial charge in [0.1, 0.15) is 6.10 Å². The molecule has 0 saturated carbocycles.